The van der Waals surface area contributed by atoms with E-state index in [4.69, 9.17) is 5.84 Å². The van der Waals surface area contributed by atoms with Gasteiger partial charge in [0.2, 0.25) is 0 Å². The zero-order valence-corrected chi connectivity index (χ0v) is 10.9. The van der Waals surface area contributed by atoms with Gasteiger partial charge >= 0.3 is 0 Å². The van der Waals surface area contributed by atoms with E-state index in [9.17, 15) is 0 Å². The lowest BCUT2D eigenvalue weighted by Gasteiger charge is -2.24. The molecule has 14 heavy (non-hydrogen) atoms. The smallest absolute Gasteiger partial charge is 0.0329 e. The molecule has 0 saturated heterocycles. The minimum absolute atomic E-state index is 0.480. The first-order valence-electron chi connectivity index (χ1n) is 5.69. The first-order chi connectivity index (χ1) is 6.65. The van der Waals surface area contributed by atoms with Crippen molar-refractivity contribution in [3.8, 4) is 0 Å². The Morgan fingerprint density at radius 2 is 1.71 bits per heavy atom. The van der Waals surface area contributed by atoms with E-state index in [2.05, 4.69) is 33.1 Å². The number of nitrogens with one attached hydrogen (secondary N) is 1. The molecule has 0 aliphatic carbocycles. The van der Waals surface area contributed by atoms with Crippen molar-refractivity contribution in [2.75, 3.05) is 11.5 Å². The first kappa shape index (κ1) is 14.3. The predicted molar refractivity (Wildman–Crippen MR) is 67.3 cm³/mol. The van der Waals surface area contributed by atoms with Crippen LogP contribution in [0.15, 0.2) is 0 Å². The van der Waals surface area contributed by atoms with E-state index in [0.717, 1.165) is 17.6 Å². The third-order valence-corrected chi connectivity index (χ3v) is 4.08. The number of rotatable bonds is 8. The van der Waals surface area contributed by atoms with Gasteiger partial charge in [-0.2, -0.15) is 11.8 Å². The molecular formula is C11H26N2S. The van der Waals surface area contributed by atoms with Crippen LogP contribution in [-0.4, -0.2) is 17.5 Å². The van der Waals surface area contributed by atoms with Gasteiger partial charge < -0.3 is 0 Å². The van der Waals surface area contributed by atoms with E-state index >= 15 is 0 Å². The van der Waals surface area contributed by atoms with Crippen LogP contribution in [0.3, 0.4) is 0 Å². The van der Waals surface area contributed by atoms with Gasteiger partial charge in [-0.15, -0.1) is 0 Å². The van der Waals surface area contributed by atoms with Crippen molar-refractivity contribution < 1.29 is 0 Å². The highest BCUT2D eigenvalue weighted by molar-refractivity contribution is 7.99. The van der Waals surface area contributed by atoms with Crippen molar-refractivity contribution in [2.24, 2.45) is 17.7 Å². The summed E-state index contributed by atoms with van der Waals surface area (Å²) in [6.45, 7) is 9.00. The van der Waals surface area contributed by atoms with Crippen LogP contribution in [0.2, 0.25) is 0 Å². The molecule has 0 bridgehead atoms. The van der Waals surface area contributed by atoms with E-state index in [1.165, 1.54) is 18.6 Å². The maximum Gasteiger partial charge on any atom is 0.0329 e. The van der Waals surface area contributed by atoms with Crippen LogP contribution in [0.25, 0.3) is 0 Å². The van der Waals surface area contributed by atoms with Gasteiger partial charge in [0.05, 0.1) is 0 Å². The molecule has 0 aromatic rings. The minimum atomic E-state index is 0.480. The van der Waals surface area contributed by atoms with Gasteiger partial charge in [-0.1, -0.05) is 40.5 Å². The zero-order chi connectivity index (χ0) is 11.0. The number of hydrogen-bond donors (Lipinski definition) is 2. The van der Waals surface area contributed by atoms with Gasteiger partial charge in [0, 0.05) is 11.8 Å². The van der Waals surface area contributed by atoms with E-state index in [1.54, 1.807) is 0 Å². The van der Waals surface area contributed by atoms with Gasteiger partial charge in [0.15, 0.2) is 0 Å². The SMILES string of the molecule is CCC(CC)C(CSCC(C)C)NN. The fraction of sp³-hybridized carbons (Fsp3) is 1.00. The van der Waals surface area contributed by atoms with Crippen molar-refractivity contribution in [1.82, 2.24) is 5.43 Å². The Hall–Kier alpha value is 0.270. The Kier molecular flexibility index (Phi) is 8.73. The molecule has 0 rings (SSSR count). The quantitative estimate of drug-likeness (QED) is 0.486. The van der Waals surface area contributed by atoms with Crippen LogP contribution in [0.5, 0.6) is 0 Å². The molecule has 1 atom stereocenters. The molecule has 1 unspecified atom stereocenters. The molecule has 0 saturated carbocycles. The van der Waals surface area contributed by atoms with Crippen LogP contribution in [0.1, 0.15) is 40.5 Å². The molecule has 3 N–H and O–H groups in total. The molecule has 0 fully saturated rings. The van der Waals surface area contributed by atoms with Crippen LogP contribution in [0, 0.1) is 11.8 Å². The second-order valence-electron chi connectivity index (χ2n) is 4.28. The summed E-state index contributed by atoms with van der Waals surface area (Å²) in [5.74, 6) is 9.45. The molecule has 0 spiro atoms. The summed E-state index contributed by atoms with van der Waals surface area (Å²) < 4.78 is 0. The predicted octanol–water partition coefficient (Wildman–Crippen LogP) is 2.64. The number of hydrogen-bond acceptors (Lipinski definition) is 3. The Balaban J connectivity index is 3.77. The average Bonchev–Trinajstić information content (AvgIpc) is 2.16. The summed E-state index contributed by atoms with van der Waals surface area (Å²) in [5, 5.41) is 0. The second kappa shape index (κ2) is 8.57. The largest absolute Gasteiger partial charge is 0.271 e. The molecule has 0 aromatic carbocycles. The lowest BCUT2D eigenvalue weighted by atomic mass is 9.96. The standard InChI is InChI=1S/C11H26N2S/c1-5-10(6-2)11(13-12)8-14-7-9(3)4/h9-11,13H,5-8,12H2,1-4H3. The maximum absolute atomic E-state index is 5.58. The fourth-order valence-electron chi connectivity index (χ4n) is 1.61. The fourth-order valence-corrected chi connectivity index (χ4v) is 2.84. The topological polar surface area (TPSA) is 38.0 Å². The van der Waals surface area contributed by atoms with Crippen LogP contribution in [0.4, 0.5) is 0 Å². The highest BCUT2D eigenvalue weighted by atomic mass is 32.2. The molecule has 2 nitrogen and oxygen atoms in total. The van der Waals surface area contributed by atoms with Crippen molar-refractivity contribution in [3.63, 3.8) is 0 Å². The van der Waals surface area contributed by atoms with Crippen molar-refractivity contribution in [3.05, 3.63) is 0 Å². The van der Waals surface area contributed by atoms with E-state index < -0.39 is 0 Å². The van der Waals surface area contributed by atoms with Gasteiger partial charge in [-0.3, -0.25) is 11.3 Å². The van der Waals surface area contributed by atoms with Crippen LogP contribution in [-0.2, 0) is 0 Å². The number of nitrogens with two attached hydrogens (primary N) is 1. The molecule has 0 amide bonds. The highest BCUT2D eigenvalue weighted by Crippen LogP contribution is 2.18. The molecule has 3 heteroatoms. The number of thioether (sulfide) groups is 1. The van der Waals surface area contributed by atoms with Crippen molar-refractivity contribution >= 4 is 11.8 Å². The van der Waals surface area contributed by atoms with E-state index in [1.807, 2.05) is 11.8 Å². The first-order valence-corrected chi connectivity index (χ1v) is 6.84. The second-order valence-corrected chi connectivity index (χ2v) is 5.36. The third kappa shape index (κ3) is 5.89. The average molecular weight is 218 g/mol. The molecule has 0 aliphatic rings. The summed E-state index contributed by atoms with van der Waals surface area (Å²) in [4.78, 5) is 0. The summed E-state index contributed by atoms with van der Waals surface area (Å²) in [7, 11) is 0. The number of hydrazine groups is 1. The minimum Gasteiger partial charge on any atom is -0.271 e. The molecule has 86 valence electrons. The Bertz CT molecular complexity index is 124. The van der Waals surface area contributed by atoms with E-state index in [-0.39, 0.29) is 0 Å². The lowest BCUT2D eigenvalue weighted by molar-refractivity contribution is 0.364. The highest BCUT2D eigenvalue weighted by Gasteiger charge is 2.16. The summed E-state index contributed by atoms with van der Waals surface area (Å²) in [6.07, 6.45) is 2.43. The Morgan fingerprint density at radius 1 is 1.14 bits per heavy atom. The van der Waals surface area contributed by atoms with Gasteiger partial charge in [0.25, 0.3) is 0 Å². The molecule has 0 radical (unpaired) electrons. The van der Waals surface area contributed by atoms with Gasteiger partial charge in [-0.25, -0.2) is 0 Å². The van der Waals surface area contributed by atoms with Crippen LogP contribution < -0.4 is 11.3 Å². The Labute approximate surface area is 93.4 Å². The van der Waals surface area contributed by atoms with Crippen molar-refractivity contribution in [1.29, 1.82) is 0 Å². The lowest BCUT2D eigenvalue weighted by Crippen LogP contribution is -2.42. The monoisotopic (exact) mass is 218 g/mol. The molecule has 0 aliphatic heterocycles. The summed E-state index contributed by atoms with van der Waals surface area (Å²) >= 11 is 2.01. The van der Waals surface area contributed by atoms with Gasteiger partial charge in [-0.05, 0) is 17.6 Å². The normalized spacial score (nSPS) is 13.9. The van der Waals surface area contributed by atoms with Crippen molar-refractivity contribution in [2.45, 2.75) is 46.6 Å². The maximum atomic E-state index is 5.58. The third-order valence-electron chi connectivity index (χ3n) is 2.58. The van der Waals surface area contributed by atoms with E-state index in [0.29, 0.717) is 6.04 Å². The van der Waals surface area contributed by atoms with Crippen LogP contribution >= 0.6 is 11.8 Å². The summed E-state index contributed by atoms with van der Waals surface area (Å²) in [5.41, 5.74) is 2.96. The molecule has 0 heterocycles. The zero-order valence-electron chi connectivity index (χ0n) is 10.0. The summed E-state index contributed by atoms with van der Waals surface area (Å²) in [6, 6.07) is 0.480. The van der Waals surface area contributed by atoms with Gasteiger partial charge in [0.1, 0.15) is 0 Å². The molecule has 0 aromatic heterocycles. The molecular weight excluding hydrogens is 192 g/mol. The Morgan fingerprint density at radius 3 is 2.07 bits per heavy atom.